The van der Waals surface area contributed by atoms with E-state index < -0.39 is 0 Å². The van der Waals surface area contributed by atoms with E-state index in [-0.39, 0.29) is 0 Å². The van der Waals surface area contributed by atoms with Crippen LogP contribution in [0.4, 0.5) is 5.69 Å². The third-order valence-electron chi connectivity index (χ3n) is 2.90. The van der Waals surface area contributed by atoms with E-state index in [1.807, 2.05) is 12.1 Å². The van der Waals surface area contributed by atoms with Crippen LogP contribution in [0.15, 0.2) is 34.6 Å². The summed E-state index contributed by atoms with van der Waals surface area (Å²) in [5.41, 5.74) is 10.5. The highest BCUT2D eigenvalue weighted by atomic mass is 35.5. The predicted molar refractivity (Wildman–Crippen MR) is 73.5 cm³/mol. The molecule has 2 aromatic rings. The average Bonchev–Trinajstić information content (AvgIpc) is 2.75. The Labute approximate surface area is 109 Å². The smallest absolute Gasteiger partial charge is 0.141 e. The summed E-state index contributed by atoms with van der Waals surface area (Å²) in [6.45, 7) is 0. The molecule has 0 bridgehead atoms. The molecule has 2 N–H and O–H groups in total. The van der Waals surface area contributed by atoms with Gasteiger partial charge in [0.2, 0.25) is 0 Å². The third kappa shape index (κ3) is 1.85. The van der Waals surface area contributed by atoms with Crippen LogP contribution in [-0.4, -0.2) is 5.84 Å². The number of hydrogen-bond acceptors (Lipinski definition) is 3. The summed E-state index contributed by atoms with van der Waals surface area (Å²) in [5, 5.41) is 2.06. The van der Waals surface area contributed by atoms with Gasteiger partial charge in [-0.2, -0.15) is 0 Å². The van der Waals surface area contributed by atoms with Crippen molar-refractivity contribution in [3.8, 4) is 0 Å². The van der Waals surface area contributed by atoms with Gasteiger partial charge < -0.3 is 5.73 Å². The van der Waals surface area contributed by atoms with Crippen molar-refractivity contribution in [3.05, 3.63) is 51.2 Å². The van der Waals surface area contributed by atoms with Crippen LogP contribution in [0.3, 0.4) is 0 Å². The highest BCUT2D eigenvalue weighted by Crippen LogP contribution is 2.31. The minimum atomic E-state index is 0.531. The van der Waals surface area contributed by atoms with Crippen LogP contribution >= 0.6 is 22.9 Å². The van der Waals surface area contributed by atoms with Gasteiger partial charge in [0.15, 0.2) is 0 Å². The van der Waals surface area contributed by atoms with E-state index in [2.05, 4.69) is 22.5 Å². The summed E-state index contributed by atoms with van der Waals surface area (Å²) < 4.78 is 0. The van der Waals surface area contributed by atoms with Gasteiger partial charge in [-0.1, -0.05) is 12.1 Å². The van der Waals surface area contributed by atoms with Gasteiger partial charge in [-0.05, 0) is 34.2 Å². The fraction of sp³-hybridized carbons (Fsp3) is 0.154. The maximum absolute atomic E-state index is 6.01. The molecule has 0 radical (unpaired) electrons. The number of fused-ring (bicyclic) bond motifs is 2. The predicted octanol–water partition coefficient (Wildman–Crippen LogP) is 3.43. The van der Waals surface area contributed by atoms with Gasteiger partial charge in [-0.15, -0.1) is 22.9 Å². The minimum Gasteiger partial charge on any atom is -0.382 e. The number of rotatable bonds is 1. The molecular formula is C13H11ClN2S. The normalized spacial score (nSPS) is 13.6. The third-order valence-corrected chi connectivity index (χ3v) is 4.19. The van der Waals surface area contributed by atoms with E-state index >= 15 is 0 Å². The topological polar surface area (TPSA) is 38.4 Å². The molecule has 0 aliphatic carbocycles. The van der Waals surface area contributed by atoms with Crippen LogP contribution in [0.2, 0.25) is 0 Å². The largest absolute Gasteiger partial charge is 0.382 e. The SMILES string of the molecule is NC1=Nc2ccc(CCl)cc2Cc2ccsc21. The maximum Gasteiger partial charge on any atom is 0.141 e. The van der Waals surface area contributed by atoms with Crippen LogP contribution in [0, 0.1) is 0 Å². The lowest BCUT2D eigenvalue weighted by Crippen LogP contribution is -2.11. The second kappa shape index (κ2) is 4.17. The van der Waals surface area contributed by atoms with Gasteiger partial charge in [0.25, 0.3) is 0 Å². The van der Waals surface area contributed by atoms with E-state index in [4.69, 9.17) is 17.3 Å². The molecule has 0 atom stereocenters. The Morgan fingerprint density at radius 2 is 2.18 bits per heavy atom. The summed E-state index contributed by atoms with van der Waals surface area (Å²) in [6, 6.07) is 8.23. The van der Waals surface area contributed by atoms with Gasteiger partial charge in [0, 0.05) is 12.3 Å². The Balaban J connectivity index is 2.17. The number of hydrogen-bond donors (Lipinski definition) is 1. The van der Waals surface area contributed by atoms with Crippen molar-refractivity contribution in [2.45, 2.75) is 12.3 Å². The molecule has 1 aliphatic rings. The molecule has 0 saturated heterocycles. The molecule has 0 spiro atoms. The van der Waals surface area contributed by atoms with E-state index in [1.54, 1.807) is 11.3 Å². The van der Waals surface area contributed by atoms with Gasteiger partial charge in [0.05, 0.1) is 10.6 Å². The zero-order chi connectivity index (χ0) is 11.8. The molecule has 0 unspecified atom stereocenters. The number of aliphatic imine (C=N–C) groups is 1. The molecule has 1 aromatic carbocycles. The van der Waals surface area contributed by atoms with Crippen molar-refractivity contribution in [1.82, 2.24) is 0 Å². The standard InChI is InChI=1S/C13H11ClN2S/c14-7-8-1-2-11-10(5-8)6-9-3-4-17-12(9)13(15)16-11/h1-5H,6-7H2,(H2,15,16). The van der Waals surface area contributed by atoms with Crippen LogP contribution < -0.4 is 5.73 Å². The molecule has 1 aliphatic heterocycles. The summed E-state index contributed by atoms with van der Waals surface area (Å²) in [5.74, 6) is 1.15. The first-order valence-corrected chi connectivity index (χ1v) is 6.78. The number of nitrogens with zero attached hydrogens (tertiary/aromatic N) is 1. The van der Waals surface area contributed by atoms with Gasteiger partial charge >= 0.3 is 0 Å². The lowest BCUT2D eigenvalue weighted by Gasteiger charge is -2.04. The van der Waals surface area contributed by atoms with Crippen LogP contribution in [0.5, 0.6) is 0 Å². The summed E-state index contributed by atoms with van der Waals surface area (Å²) in [6.07, 6.45) is 0.878. The fourth-order valence-corrected chi connectivity index (χ4v) is 3.05. The first-order valence-electron chi connectivity index (χ1n) is 5.36. The van der Waals surface area contributed by atoms with Crippen LogP contribution in [0.1, 0.15) is 21.6 Å². The maximum atomic E-state index is 6.01. The molecule has 4 heteroatoms. The quantitative estimate of drug-likeness (QED) is 0.786. The van der Waals surface area contributed by atoms with Gasteiger partial charge in [0.1, 0.15) is 5.84 Å². The lowest BCUT2D eigenvalue weighted by molar-refractivity contribution is 1.19. The lowest BCUT2D eigenvalue weighted by atomic mass is 10.0. The Hall–Kier alpha value is -1.32. The Morgan fingerprint density at radius 3 is 3.00 bits per heavy atom. The molecule has 86 valence electrons. The van der Waals surface area contributed by atoms with Crippen LogP contribution in [-0.2, 0) is 12.3 Å². The van der Waals surface area contributed by atoms with Crippen molar-refractivity contribution in [2.24, 2.45) is 10.7 Å². The minimum absolute atomic E-state index is 0.531. The molecule has 0 fully saturated rings. The fourth-order valence-electron chi connectivity index (χ4n) is 2.06. The van der Waals surface area contributed by atoms with Crippen molar-refractivity contribution in [2.75, 3.05) is 0 Å². The van der Waals surface area contributed by atoms with Crippen molar-refractivity contribution in [3.63, 3.8) is 0 Å². The highest BCUT2D eigenvalue weighted by Gasteiger charge is 2.15. The van der Waals surface area contributed by atoms with Crippen molar-refractivity contribution in [1.29, 1.82) is 0 Å². The van der Waals surface area contributed by atoms with E-state index in [9.17, 15) is 0 Å². The van der Waals surface area contributed by atoms with E-state index in [0.29, 0.717) is 11.7 Å². The molecule has 0 amide bonds. The Bertz CT molecular complexity index is 601. The number of alkyl halides is 1. The molecule has 2 heterocycles. The number of amidine groups is 1. The van der Waals surface area contributed by atoms with Crippen molar-refractivity contribution < 1.29 is 0 Å². The van der Waals surface area contributed by atoms with Gasteiger partial charge in [-0.25, -0.2) is 4.99 Å². The summed E-state index contributed by atoms with van der Waals surface area (Å²) in [7, 11) is 0. The number of nitrogens with two attached hydrogens (primary N) is 1. The first-order chi connectivity index (χ1) is 8.28. The zero-order valence-electron chi connectivity index (χ0n) is 9.11. The number of benzene rings is 1. The number of halogens is 1. The second-order valence-corrected chi connectivity index (χ2v) is 5.23. The van der Waals surface area contributed by atoms with E-state index in [0.717, 1.165) is 22.5 Å². The number of thiophene rings is 1. The van der Waals surface area contributed by atoms with Gasteiger partial charge in [-0.3, -0.25) is 0 Å². The monoisotopic (exact) mass is 262 g/mol. The van der Waals surface area contributed by atoms with E-state index in [1.165, 1.54) is 11.1 Å². The molecule has 2 nitrogen and oxygen atoms in total. The second-order valence-electron chi connectivity index (χ2n) is 4.05. The highest BCUT2D eigenvalue weighted by molar-refractivity contribution is 7.12. The zero-order valence-corrected chi connectivity index (χ0v) is 10.7. The summed E-state index contributed by atoms with van der Waals surface area (Å²) >= 11 is 7.51. The molecule has 17 heavy (non-hydrogen) atoms. The average molecular weight is 263 g/mol. The van der Waals surface area contributed by atoms with Crippen LogP contribution in [0.25, 0.3) is 0 Å². The Morgan fingerprint density at radius 1 is 1.29 bits per heavy atom. The Kier molecular flexibility index (Phi) is 2.65. The summed E-state index contributed by atoms with van der Waals surface area (Å²) in [4.78, 5) is 5.58. The molecular weight excluding hydrogens is 252 g/mol. The molecule has 3 rings (SSSR count). The van der Waals surface area contributed by atoms with Crippen molar-refractivity contribution >= 4 is 34.5 Å². The molecule has 1 aromatic heterocycles. The molecule has 0 saturated carbocycles. The first kappa shape index (κ1) is 10.8.